The normalized spacial score (nSPS) is 20.9. The second-order valence-electron chi connectivity index (χ2n) is 6.03. The highest BCUT2D eigenvalue weighted by molar-refractivity contribution is 7.90. The van der Waals surface area contributed by atoms with Gasteiger partial charge in [0.15, 0.2) is 0 Å². The summed E-state index contributed by atoms with van der Waals surface area (Å²) in [6, 6.07) is 0. The van der Waals surface area contributed by atoms with Crippen LogP contribution < -0.4 is 0 Å². The molecule has 0 radical (unpaired) electrons. The van der Waals surface area contributed by atoms with Gasteiger partial charge in [-0.1, -0.05) is 6.92 Å². The third kappa shape index (κ3) is 7.87. The molecule has 0 aromatic rings. The van der Waals surface area contributed by atoms with Crippen molar-refractivity contribution >= 4 is 9.84 Å². The third-order valence-electron chi connectivity index (χ3n) is 3.71. The van der Waals surface area contributed by atoms with Crippen LogP contribution in [-0.4, -0.2) is 81.2 Å². The molecular weight excluding hydrogens is 264 g/mol. The van der Waals surface area contributed by atoms with Gasteiger partial charge in [0.25, 0.3) is 0 Å². The van der Waals surface area contributed by atoms with Crippen molar-refractivity contribution in [2.45, 2.75) is 25.9 Å². The summed E-state index contributed by atoms with van der Waals surface area (Å²) < 4.78 is 22.1. The van der Waals surface area contributed by atoms with E-state index in [2.05, 4.69) is 11.8 Å². The topological polar surface area (TPSA) is 60.9 Å². The zero-order valence-corrected chi connectivity index (χ0v) is 13.2. The van der Waals surface area contributed by atoms with E-state index in [1.807, 2.05) is 11.9 Å². The fraction of sp³-hybridized carbons (Fsp3) is 1.00. The summed E-state index contributed by atoms with van der Waals surface area (Å²) in [5, 5.41) is 10.0. The Bertz CT molecular complexity index is 351. The average molecular weight is 292 g/mol. The van der Waals surface area contributed by atoms with Crippen LogP contribution in [0.2, 0.25) is 0 Å². The average Bonchev–Trinajstić information content (AvgIpc) is 2.29. The monoisotopic (exact) mass is 292 g/mol. The predicted molar refractivity (Wildman–Crippen MR) is 78.1 cm³/mol. The number of aliphatic hydroxyl groups excluding tert-OH is 1. The van der Waals surface area contributed by atoms with E-state index in [0.29, 0.717) is 19.6 Å². The lowest BCUT2D eigenvalue weighted by atomic mass is 9.99. The van der Waals surface area contributed by atoms with Crippen molar-refractivity contribution in [3.05, 3.63) is 0 Å². The lowest BCUT2D eigenvalue weighted by Gasteiger charge is -2.32. The lowest BCUT2D eigenvalue weighted by Crippen LogP contribution is -2.43. The molecule has 5 nitrogen and oxygen atoms in total. The van der Waals surface area contributed by atoms with Gasteiger partial charge in [0, 0.05) is 25.9 Å². The van der Waals surface area contributed by atoms with Crippen molar-refractivity contribution in [3.8, 4) is 0 Å². The van der Waals surface area contributed by atoms with Gasteiger partial charge in [-0.2, -0.15) is 0 Å². The Morgan fingerprint density at radius 1 is 1.37 bits per heavy atom. The van der Waals surface area contributed by atoms with Gasteiger partial charge in [0.1, 0.15) is 9.84 Å². The number of hydrogen-bond acceptors (Lipinski definition) is 5. The van der Waals surface area contributed by atoms with E-state index in [0.717, 1.165) is 19.0 Å². The zero-order chi connectivity index (χ0) is 14.5. The molecule has 6 heteroatoms. The molecule has 1 saturated heterocycles. The molecule has 0 aromatic carbocycles. The highest BCUT2D eigenvalue weighted by Gasteiger charge is 2.19. The minimum absolute atomic E-state index is 0.150. The second kappa shape index (κ2) is 7.57. The number of likely N-dealkylation sites (tertiary alicyclic amines) is 1. The highest BCUT2D eigenvalue weighted by Crippen LogP contribution is 2.15. The highest BCUT2D eigenvalue weighted by atomic mass is 32.2. The van der Waals surface area contributed by atoms with Gasteiger partial charge in [0.2, 0.25) is 0 Å². The van der Waals surface area contributed by atoms with E-state index < -0.39 is 15.9 Å². The number of aliphatic hydroxyl groups is 1. The lowest BCUT2D eigenvalue weighted by molar-refractivity contribution is 0.0692. The molecule has 1 heterocycles. The molecule has 1 N–H and O–H groups in total. The van der Waals surface area contributed by atoms with Gasteiger partial charge >= 0.3 is 0 Å². The molecule has 1 atom stereocenters. The van der Waals surface area contributed by atoms with Gasteiger partial charge in [0.05, 0.1) is 11.9 Å². The van der Waals surface area contributed by atoms with E-state index >= 15 is 0 Å². The first-order chi connectivity index (χ1) is 8.76. The van der Waals surface area contributed by atoms with Crippen molar-refractivity contribution in [1.82, 2.24) is 9.80 Å². The van der Waals surface area contributed by atoms with Gasteiger partial charge < -0.3 is 14.9 Å². The first-order valence-corrected chi connectivity index (χ1v) is 9.09. The van der Waals surface area contributed by atoms with Crippen molar-refractivity contribution in [3.63, 3.8) is 0 Å². The summed E-state index contributed by atoms with van der Waals surface area (Å²) in [5.41, 5.74) is 0. The van der Waals surface area contributed by atoms with Crippen molar-refractivity contribution in [1.29, 1.82) is 0 Å². The van der Waals surface area contributed by atoms with E-state index in [4.69, 9.17) is 0 Å². The van der Waals surface area contributed by atoms with E-state index in [1.165, 1.54) is 19.1 Å². The van der Waals surface area contributed by atoms with Crippen LogP contribution in [0.4, 0.5) is 0 Å². The van der Waals surface area contributed by atoms with Crippen molar-refractivity contribution in [2.24, 2.45) is 5.92 Å². The van der Waals surface area contributed by atoms with E-state index in [1.54, 1.807) is 0 Å². The summed E-state index contributed by atoms with van der Waals surface area (Å²) in [6.07, 6.45) is 3.25. The zero-order valence-electron chi connectivity index (χ0n) is 12.4. The molecule has 1 aliphatic heterocycles. The molecule has 114 valence electrons. The van der Waals surface area contributed by atoms with Crippen LogP contribution in [0.25, 0.3) is 0 Å². The fourth-order valence-corrected chi connectivity index (χ4v) is 3.02. The molecule has 0 spiro atoms. The summed E-state index contributed by atoms with van der Waals surface area (Å²) in [4.78, 5) is 4.19. The van der Waals surface area contributed by atoms with Crippen LogP contribution in [0, 0.1) is 5.92 Å². The Morgan fingerprint density at radius 3 is 2.47 bits per heavy atom. The Morgan fingerprint density at radius 2 is 1.95 bits per heavy atom. The minimum Gasteiger partial charge on any atom is -0.390 e. The molecule has 0 aromatic heterocycles. The molecule has 0 bridgehead atoms. The standard InChI is InChI=1S/C13H28N2O3S/c1-12-4-6-15(7-5-12)11-13(16)10-14(2)8-9-19(3,17)18/h12-13,16H,4-11H2,1-3H3. The Balaban J connectivity index is 2.21. The van der Waals surface area contributed by atoms with Gasteiger partial charge in [-0.3, -0.25) is 0 Å². The first kappa shape index (κ1) is 16.9. The smallest absolute Gasteiger partial charge is 0.148 e. The quantitative estimate of drug-likeness (QED) is 0.719. The van der Waals surface area contributed by atoms with Gasteiger partial charge in [-0.15, -0.1) is 0 Å². The predicted octanol–water partition coefficient (Wildman–Crippen LogP) is 0.0556. The first-order valence-electron chi connectivity index (χ1n) is 7.03. The number of β-amino-alcohol motifs (C(OH)–C–C–N with tert-alkyl or cyclic N) is 1. The SMILES string of the molecule is CC1CCN(CC(O)CN(C)CCS(C)(=O)=O)CC1. The second-order valence-corrected chi connectivity index (χ2v) is 8.29. The Kier molecular flexibility index (Phi) is 6.73. The number of piperidine rings is 1. The van der Waals surface area contributed by atoms with Crippen molar-refractivity contribution < 1.29 is 13.5 Å². The van der Waals surface area contributed by atoms with Crippen LogP contribution in [0.5, 0.6) is 0 Å². The summed E-state index contributed by atoms with van der Waals surface area (Å²) in [6.45, 7) is 6.09. The molecule has 1 fully saturated rings. The number of rotatable bonds is 7. The molecule has 0 amide bonds. The van der Waals surface area contributed by atoms with Crippen molar-refractivity contribution in [2.75, 3.05) is 51.8 Å². The van der Waals surface area contributed by atoms with Crippen LogP contribution in [0.1, 0.15) is 19.8 Å². The maximum Gasteiger partial charge on any atom is 0.148 e. The fourth-order valence-electron chi connectivity index (χ4n) is 2.37. The van der Waals surface area contributed by atoms with Crippen LogP contribution >= 0.6 is 0 Å². The van der Waals surface area contributed by atoms with Gasteiger partial charge in [-0.25, -0.2) is 8.42 Å². The Hall–Kier alpha value is -0.170. The maximum absolute atomic E-state index is 11.1. The summed E-state index contributed by atoms with van der Waals surface area (Å²) >= 11 is 0. The molecule has 19 heavy (non-hydrogen) atoms. The number of likely N-dealkylation sites (N-methyl/N-ethyl adjacent to an activating group) is 1. The maximum atomic E-state index is 11.1. The number of sulfone groups is 1. The summed E-state index contributed by atoms with van der Waals surface area (Å²) in [5.74, 6) is 0.947. The van der Waals surface area contributed by atoms with E-state index in [9.17, 15) is 13.5 Å². The van der Waals surface area contributed by atoms with Gasteiger partial charge in [-0.05, 0) is 38.9 Å². The minimum atomic E-state index is -2.92. The molecule has 0 aliphatic carbocycles. The largest absolute Gasteiger partial charge is 0.390 e. The molecule has 1 rings (SSSR count). The molecule has 0 saturated carbocycles. The summed E-state index contributed by atoms with van der Waals surface area (Å²) in [7, 11) is -1.07. The van der Waals surface area contributed by atoms with E-state index in [-0.39, 0.29) is 5.75 Å². The van der Waals surface area contributed by atoms with Crippen LogP contribution in [-0.2, 0) is 9.84 Å². The molecule has 1 unspecified atom stereocenters. The molecular formula is C13H28N2O3S. The third-order valence-corrected chi connectivity index (χ3v) is 4.64. The molecule has 1 aliphatic rings. The number of hydrogen-bond donors (Lipinski definition) is 1. The number of nitrogens with zero attached hydrogens (tertiary/aromatic N) is 2. The van der Waals surface area contributed by atoms with Crippen LogP contribution in [0.15, 0.2) is 0 Å². The van der Waals surface area contributed by atoms with Crippen LogP contribution in [0.3, 0.4) is 0 Å². The Labute approximate surface area is 117 Å².